The lowest BCUT2D eigenvalue weighted by Gasteiger charge is -2.33. The Morgan fingerprint density at radius 3 is 2.21 bits per heavy atom. The molecule has 2 amide bonds. The van der Waals surface area contributed by atoms with Crippen molar-refractivity contribution in [1.29, 1.82) is 0 Å². The van der Waals surface area contributed by atoms with Crippen LogP contribution in [0.1, 0.15) is 36.5 Å². The molecule has 1 heterocycles. The molecule has 1 aromatic carbocycles. The normalized spacial score (nSPS) is 15.0. The number of unbranched alkanes of at least 4 members (excludes halogenated alkanes) is 1. The fourth-order valence-electron chi connectivity index (χ4n) is 2.97. The van der Waals surface area contributed by atoms with Gasteiger partial charge in [-0.25, -0.2) is 8.42 Å². The maximum absolute atomic E-state index is 12.8. The molecule has 1 aliphatic rings. The number of carbonyl (C=O) groups excluding carboxylic acids is 3. The number of amides is 2. The average Bonchev–Trinajstić information content (AvgIpc) is 2.73. The van der Waals surface area contributed by atoms with E-state index in [2.05, 4.69) is 10.1 Å². The molecule has 160 valence electrons. The van der Waals surface area contributed by atoms with E-state index in [9.17, 15) is 22.8 Å². The average molecular weight is 426 g/mol. The molecule has 1 saturated heterocycles. The Hall–Kier alpha value is -2.46. The van der Waals surface area contributed by atoms with Gasteiger partial charge in [0.15, 0.2) is 0 Å². The van der Waals surface area contributed by atoms with Crippen LogP contribution in [0, 0.1) is 0 Å². The summed E-state index contributed by atoms with van der Waals surface area (Å²) in [6.45, 7) is 3.10. The minimum absolute atomic E-state index is 0.0669. The van der Waals surface area contributed by atoms with Crippen LogP contribution in [0.5, 0.6) is 0 Å². The lowest BCUT2D eigenvalue weighted by atomic mass is 10.2. The van der Waals surface area contributed by atoms with Crippen LogP contribution in [0.2, 0.25) is 0 Å². The number of benzene rings is 1. The smallest absolute Gasteiger partial charge is 0.305 e. The van der Waals surface area contributed by atoms with E-state index >= 15 is 0 Å². The van der Waals surface area contributed by atoms with Crippen molar-refractivity contribution in [1.82, 2.24) is 14.5 Å². The van der Waals surface area contributed by atoms with Gasteiger partial charge in [0.2, 0.25) is 15.9 Å². The van der Waals surface area contributed by atoms with Crippen LogP contribution in [0.4, 0.5) is 0 Å². The van der Waals surface area contributed by atoms with Crippen molar-refractivity contribution in [2.45, 2.75) is 31.1 Å². The van der Waals surface area contributed by atoms with E-state index in [-0.39, 0.29) is 35.8 Å². The van der Waals surface area contributed by atoms with Crippen molar-refractivity contribution in [3.8, 4) is 0 Å². The highest BCUT2D eigenvalue weighted by molar-refractivity contribution is 7.89. The van der Waals surface area contributed by atoms with Crippen LogP contribution < -0.4 is 5.32 Å². The molecule has 2 rings (SSSR count). The molecule has 0 aliphatic carbocycles. The quantitative estimate of drug-likeness (QED) is 0.482. The first-order chi connectivity index (χ1) is 13.8. The number of nitrogens with zero attached hydrogens (tertiary/aromatic N) is 2. The first-order valence-corrected chi connectivity index (χ1v) is 10.9. The zero-order valence-electron chi connectivity index (χ0n) is 16.7. The summed E-state index contributed by atoms with van der Waals surface area (Å²) in [6, 6.07) is 5.78. The number of methoxy groups -OCH3 is 1. The van der Waals surface area contributed by atoms with Crippen molar-refractivity contribution in [2.75, 3.05) is 39.8 Å². The Labute approximate surface area is 171 Å². The van der Waals surface area contributed by atoms with Crippen molar-refractivity contribution in [3.05, 3.63) is 29.8 Å². The zero-order chi connectivity index (χ0) is 21.4. The molecule has 0 saturated carbocycles. The van der Waals surface area contributed by atoms with Gasteiger partial charge in [-0.2, -0.15) is 4.31 Å². The minimum atomic E-state index is -3.67. The standard InChI is InChI=1S/C19H27N3O6S/c1-15(23)21-11-13-22(14-12-21)29(26,27)17-8-6-16(7-9-17)19(25)20-10-4-3-5-18(24)28-2/h6-9H,3-5,10-14H2,1-2H3,(H,20,25). The lowest BCUT2D eigenvalue weighted by molar-refractivity contribution is -0.140. The second kappa shape index (κ2) is 10.4. The van der Waals surface area contributed by atoms with Gasteiger partial charge in [-0.05, 0) is 37.1 Å². The third-order valence-electron chi connectivity index (χ3n) is 4.76. The van der Waals surface area contributed by atoms with Crippen LogP contribution in [-0.4, -0.2) is 75.2 Å². The number of sulfonamides is 1. The maximum Gasteiger partial charge on any atom is 0.305 e. The molecule has 0 radical (unpaired) electrons. The van der Waals surface area contributed by atoms with Gasteiger partial charge < -0.3 is 15.0 Å². The van der Waals surface area contributed by atoms with Gasteiger partial charge in [0.25, 0.3) is 5.91 Å². The van der Waals surface area contributed by atoms with E-state index < -0.39 is 10.0 Å². The number of hydrogen-bond acceptors (Lipinski definition) is 6. The molecule has 1 aliphatic heterocycles. The molecule has 1 fully saturated rings. The van der Waals surface area contributed by atoms with Crippen LogP contribution in [0.25, 0.3) is 0 Å². The summed E-state index contributed by atoms with van der Waals surface area (Å²) in [6.07, 6.45) is 1.56. The first-order valence-electron chi connectivity index (χ1n) is 9.46. The van der Waals surface area contributed by atoms with Gasteiger partial charge in [0, 0.05) is 51.6 Å². The summed E-state index contributed by atoms with van der Waals surface area (Å²) in [7, 11) is -2.34. The highest BCUT2D eigenvalue weighted by Gasteiger charge is 2.29. The molecule has 0 unspecified atom stereocenters. The second-order valence-electron chi connectivity index (χ2n) is 6.72. The number of rotatable bonds is 8. The number of esters is 1. The predicted octanol–water partition coefficient (Wildman–Crippen LogP) is 0.613. The van der Waals surface area contributed by atoms with Crippen LogP contribution >= 0.6 is 0 Å². The van der Waals surface area contributed by atoms with E-state index in [0.29, 0.717) is 44.5 Å². The summed E-state index contributed by atoms with van der Waals surface area (Å²) < 4.78 is 31.4. The van der Waals surface area contributed by atoms with Gasteiger partial charge >= 0.3 is 5.97 Å². The van der Waals surface area contributed by atoms with Crippen molar-refractivity contribution >= 4 is 27.8 Å². The third-order valence-corrected chi connectivity index (χ3v) is 6.67. The molecule has 0 bridgehead atoms. The Morgan fingerprint density at radius 2 is 1.66 bits per heavy atom. The topological polar surface area (TPSA) is 113 Å². The number of piperazine rings is 1. The minimum Gasteiger partial charge on any atom is -0.469 e. The molecule has 10 heteroatoms. The molecule has 1 N–H and O–H groups in total. The summed E-state index contributed by atoms with van der Waals surface area (Å²) in [5, 5.41) is 2.74. The maximum atomic E-state index is 12.8. The van der Waals surface area contributed by atoms with E-state index in [0.717, 1.165) is 0 Å². The summed E-state index contributed by atoms with van der Waals surface area (Å²) in [5.41, 5.74) is 0.360. The van der Waals surface area contributed by atoms with Crippen molar-refractivity contribution in [2.24, 2.45) is 0 Å². The summed E-state index contributed by atoms with van der Waals surface area (Å²) in [4.78, 5) is 36.3. The number of nitrogens with one attached hydrogen (secondary N) is 1. The second-order valence-corrected chi connectivity index (χ2v) is 8.66. The Bertz CT molecular complexity index is 830. The third kappa shape index (κ3) is 6.26. The molecule has 29 heavy (non-hydrogen) atoms. The van der Waals surface area contributed by atoms with Gasteiger partial charge in [-0.15, -0.1) is 0 Å². The van der Waals surface area contributed by atoms with Crippen LogP contribution in [0.15, 0.2) is 29.2 Å². The summed E-state index contributed by atoms with van der Waals surface area (Å²) in [5.74, 6) is -0.652. The van der Waals surface area contributed by atoms with E-state index in [1.165, 1.54) is 42.6 Å². The molecular weight excluding hydrogens is 398 g/mol. The van der Waals surface area contributed by atoms with Crippen LogP contribution in [-0.2, 0) is 24.3 Å². The van der Waals surface area contributed by atoms with Gasteiger partial charge in [-0.1, -0.05) is 0 Å². The largest absolute Gasteiger partial charge is 0.469 e. The van der Waals surface area contributed by atoms with Gasteiger partial charge in [-0.3, -0.25) is 14.4 Å². The number of hydrogen-bond donors (Lipinski definition) is 1. The highest BCUT2D eigenvalue weighted by atomic mass is 32.2. The highest BCUT2D eigenvalue weighted by Crippen LogP contribution is 2.18. The van der Waals surface area contributed by atoms with E-state index in [1.54, 1.807) is 4.90 Å². The number of carbonyl (C=O) groups is 3. The molecule has 1 aromatic rings. The molecule has 0 aromatic heterocycles. The van der Waals surface area contributed by atoms with E-state index in [1.807, 2.05) is 0 Å². The molecule has 9 nitrogen and oxygen atoms in total. The Morgan fingerprint density at radius 1 is 1.03 bits per heavy atom. The Balaban J connectivity index is 1.88. The van der Waals surface area contributed by atoms with Crippen molar-refractivity contribution in [3.63, 3.8) is 0 Å². The fourth-order valence-corrected chi connectivity index (χ4v) is 4.39. The van der Waals surface area contributed by atoms with E-state index in [4.69, 9.17) is 0 Å². The first kappa shape index (κ1) is 22.8. The molecule has 0 spiro atoms. The van der Waals surface area contributed by atoms with Crippen LogP contribution in [0.3, 0.4) is 0 Å². The number of ether oxygens (including phenoxy) is 1. The predicted molar refractivity (Wildman–Crippen MR) is 106 cm³/mol. The molecule has 0 atom stereocenters. The molecular formula is C19H27N3O6S. The Kier molecular flexibility index (Phi) is 8.15. The fraction of sp³-hybridized carbons (Fsp3) is 0.526. The lowest BCUT2D eigenvalue weighted by Crippen LogP contribution is -2.49. The van der Waals surface area contributed by atoms with Gasteiger partial charge in [0.05, 0.1) is 12.0 Å². The summed E-state index contributed by atoms with van der Waals surface area (Å²) >= 11 is 0. The monoisotopic (exact) mass is 425 g/mol. The van der Waals surface area contributed by atoms with Gasteiger partial charge in [0.1, 0.15) is 0 Å². The zero-order valence-corrected chi connectivity index (χ0v) is 17.5. The van der Waals surface area contributed by atoms with Crippen molar-refractivity contribution < 1.29 is 27.5 Å². The SMILES string of the molecule is COC(=O)CCCCNC(=O)c1ccc(S(=O)(=O)N2CCN(C(C)=O)CC2)cc1.